The summed E-state index contributed by atoms with van der Waals surface area (Å²) in [5.74, 6) is -2.16. The topological polar surface area (TPSA) is 174 Å². The molecule has 5 rings (SSSR count). The molecule has 2 saturated carbocycles. The Labute approximate surface area is 296 Å². The molecule has 3 aromatic rings. The largest absolute Gasteiger partial charge is 0.467 e. The van der Waals surface area contributed by atoms with Gasteiger partial charge < -0.3 is 30.7 Å². The molecule has 2 fully saturated rings. The number of aromatic nitrogens is 3. The fourth-order valence-electron chi connectivity index (χ4n) is 5.39. The summed E-state index contributed by atoms with van der Waals surface area (Å²) in [6, 6.07) is 11.4. The molecule has 0 bridgehead atoms. The van der Waals surface area contributed by atoms with Gasteiger partial charge in [0.2, 0.25) is 17.7 Å². The third kappa shape index (κ3) is 10.7. The smallest absolute Gasteiger partial charge is 0.422 e. The van der Waals surface area contributed by atoms with Gasteiger partial charge in [-0.05, 0) is 85.9 Å². The van der Waals surface area contributed by atoms with Gasteiger partial charge in [0.1, 0.15) is 6.04 Å². The van der Waals surface area contributed by atoms with Crippen LogP contribution in [0.4, 0.5) is 30.8 Å². The maximum absolute atomic E-state index is 13.0. The maximum atomic E-state index is 13.0. The number of halogens is 4. The third-order valence-corrected chi connectivity index (χ3v) is 8.83. The van der Waals surface area contributed by atoms with Crippen LogP contribution in [-0.4, -0.2) is 71.0 Å². The van der Waals surface area contributed by atoms with E-state index < -0.39 is 53.9 Å². The number of ether oxygens (including phenoxy) is 2. The molecular weight excluding hydrogens is 695 g/mol. The van der Waals surface area contributed by atoms with Crippen molar-refractivity contribution >= 4 is 52.8 Å². The highest BCUT2D eigenvalue weighted by Crippen LogP contribution is 2.48. The van der Waals surface area contributed by atoms with Gasteiger partial charge >= 0.3 is 18.2 Å². The predicted molar refractivity (Wildman–Crippen MR) is 179 cm³/mol. The number of carbonyl (C=O) groups excluding carboxylic acids is 4. The molecule has 0 spiro atoms. The number of Topliss-reactive ketones (excluding diaryl/α,β-unsaturated/α-hetero) is 1. The van der Waals surface area contributed by atoms with Gasteiger partial charge in [0.25, 0.3) is 11.8 Å². The van der Waals surface area contributed by atoms with Crippen LogP contribution in [0.3, 0.4) is 0 Å². The third-order valence-electron chi connectivity index (χ3n) is 8.58. The number of anilines is 3. The van der Waals surface area contributed by atoms with Crippen LogP contribution in [0.1, 0.15) is 61.4 Å². The van der Waals surface area contributed by atoms with Crippen molar-refractivity contribution < 1.29 is 41.8 Å². The lowest BCUT2D eigenvalue weighted by Gasteiger charge is -2.19. The molecule has 2 atom stereocenters. The Morgan fingerprint density at radius 3 is 2.25 bits per heavy atom. The van der Waals surface area contributed by atoms with Crippen LogP contribution in [0.15, 0.2) is 48.5 Å². The highest BCUT2D eigenvalue weighted by Gasteiger charge is 2.45. The first-order valence-electron chi connectivity index (χ1n) is 16.3. The Morgan fingerprint density at radius 2 is 1.65 bits per heavy atom. The summed E-state index contributed by atoms with van der Waals surface area (Å²) in [7, 11) is 1.16. The Balaban J connectivity index is 1.21. The van der Waals surface area contributed by atoms with E-state index in [2.05, 4.69) is 36.2 Å². The van der Waals surface area contributed by atoms with E-state index in [0.29, 0.717) is 16.6 Å². The number of benzene rings is 2. The Hall–Kier alpha value is -4.99. The minimum atomic E-state index is -4.63. The quantitative estimate of drug-likeness (QED) is 0.108. The molecule has 0 saturated heterocycles. The molecule has 2 aliphatic rings. The molecule has 2 aliphatic carbocycles. The summed E-state index contributed by atoms with van der Waals surface area (Å²) in [5.41, 5.74) is 0.890. The number of esters is 1. The van der Waals surface area contributed by atoms with Gasteiger partial charge in [-0.2, -0.15) is 28.1 Å². The van der Waals surface area contributed by atoms with Crippen molar-refractivity contribution in [3.63, 3.8) is 0 Å². The summed E-state index contributed by atoms with van der Waals surface area (Å²) < 4.78 is 48.4. The van der Waals surface area contributed by atoms with Crippen LogP contribution < -0.4 is 26.0 Å². The molecule has 2 aromatic carbocycles. The normalized spacial score (nSPS) is 15.9. The second-order valence-electron chi connectivity index (χ2n) is 12.6. The lowest BCUT2D eigenvalue weighted by atomic mass is 9.99. The molecule has 4 N–H and O–H groups in total. The second-order valence-corrected chi connectivity index (χ2v) is 13.1. The molecule has 17 heteroatoms. The molecule has 272 valence electrons. The average molecular weight is 732 g/mol. The fraction of sp³-hybridized carbons (Fsp3) is 0.441. The van der Waals surface area contributed by atoms with Crippen LogP contribution in [0.2, 0.25) is 5.02 Å². The number of nitrogens with zero attached hydrogens (tertiary/aromatic N) is 3. The number of ketones is 1. The summed E-state index contributed by atoms with van der Waals surface area (Å²) in [4.78, 5) is 62.2. The van der Waals surface area contributed by atoms with Gasteiger partial charge in [-0.3, -0.25) is 14.4 Å². The number of methoxy groups -OCH3 is 1. The number of alkyl halides is 3. The van der Waals surface area contributed by atoms with Gasteiger partial charge in [0.15, 0.2) is 6.61 Å². The van der Waals surface area contributed by atoms with Crippen molar-refractivity contribution in [2.75, 3.05) is 30.9 Å². The highest BCUT2D eigenvalue weighted by molar-refractivity contribution is 6.36. The molecule has 0 unspecified atom stereocenters. The first kappa shape index (κ1) is 37.3. The van der Waals surface area contributed by atoms with Crippen LogP contribution in [0, 0.1) is 11.8 Å². The monoisotopic (exact) mass is 731 g/mol. The van der Waals surface area contributed by atoms with Crippen molar-refractivity contribution in [1.82, 2.24) is 25.6 Å². The zero-order valence-corrected chi connectivity index (χ0v) is 28.6. The molecule has 51 heavy (non-hydrogen) atoms. The zero-order chi connectivity index (χ0) is 36.8. The number of rotatable bonds is 17. The molecule has 0 aliphatic heterocycles. The van der Waals surface area contributed by atoms with E-state index in [9.17, 15) is 32.3 Å². The summed E-state index contributed by atoms with van der Waals surface area (Å²) in [5, 5.41) is 11.7. The lowest BCUT2D eigenvalue weighted by molar-refractivity contribution is -0.154. The number of amides is 2. The van der Waals surface area contributed by atoms with Crippen molar-refractivity contribution in [3.8, 4) is 6.01 Å². The number of hydrogen-bond acceptors (Lipinski definition) is 11. The molecule has 1 aromatic heterocycles. The van der Waals surface area contributed by atoms with E-state index in [1.807, 2.05) is 19.1 Å². The van der Waals surface area contributed by atoms with Crippen LogP contribution >= 0.6 is 11.6 Å². The van der Waals surface area contributed by atoms with Gasteiger partial charge in [0, 0.05) is 29.2 Å². The summed E-state index contributed by atoms with van der Waals surface area (Å²) >= 11 is 6.02. The SMILES string of the molecule is COC(=O)[C@H](CCNC(=O)C(=O)C[C@H](C)C1CC1)NC(=O)c1ccc(Nc2nc(NC3(c4ccc(Cl)cc4)CC3)nc(OCC(F)(F)F)n2)cc1. The van der Waals surface area contributed by atoms with E-state index in [1.54, 1.807) is 12.1 Å². The minimum absolute atomic E-state index is 0.0182. The Bertz CT molecular complexity index is 1740. The number of carbonyl (C=O) groups is 4. The van der Waals surface area contributed by atoms with Crippen molar-refractivity contribution in [2.24, 2.45) is 11.8 Å². The van der Waals surface area contributed by atoms with Gasteiger partial charge in [0.05, 0.1) is 12.6 Å². The Kier molecular flexibility index (Phi) is 11.6. The first-order chi connectivity index (χ1) is 24.2. The van der Waals surface area contributed by atoms with E-state index in [0.717, 1.165) is 38.4 Å². The van der Waals surface area contributed by atoms with Gasteiger partial charge in [-0.15, -0.1) is 0 Å². The average Bonchev–Trinajstić information content (AvgIpc) is 4.03. The zero-order valence-electron chi connectivity index (χ0n) is 27.8. The minimum Gasteiger partial charge on any atom is -0.467 e. The molecule has 2 amide bonds. The van der Waals surface area contributed by atoms with Gasteiger partial charge in [-0.1, -0.05) is 30.7 Å². The highest BCUT2D eigenvalue weighted by atomic mass is 35.5. The Morgan fingerprint density at radius 1 is 0.980 bits per heavy atom. The van der Waals surface area contributed by atoms with Crippen molar-refractivity contribution in [2.45, 2.75) is 63.2 Å². The molecule has 0 radical (unpaired) electrons. The molecule has 1 heterocycles. The standard InChI is InChI=1S/C34H37ClF3N7O6/c1-19(20-3-4-20)17-26(46)28(48)39-16-13-25(29(49)50-2)41-27(47)21-5-11-24(12-6-21)40-30-42-31(44-32(43-30)51-18-34(36,37)38)45-33(14-15-33)22-7-9-23(35)10-8-22/h5-12,19-20,25H,3-4,13-18H2,1-2H3,(H,39,48)(H,41,47)(H2,40,42,43,44,45)/t19-,25-/m0/s1. The van der Waals surface area contributed by atoms with Crippen LogP contribution in [0.5, 0.6) is 6.01 Å². The second kappa shape index (κ2) is 15.9. The molecule has 13 nitrogen and oxygen atoms in total. The maximum Gasteiger partial charge on any atom is 0.422 e. The van der Waals surface area contributed by atoms with Crippen molar-refractivity contribution in [1.29, 1.82) is 0 Å². The first-order valence-corrected chi connectivity index (χ1v) is 16.7. The van der Waals surface area contributed by atoms with E-state index >= 15 is 0 Å². The van der Waals surface area contributed by atoms with E-state index in [-0.39, 0.29) is 42.8 Å². The summed E-state index contributed by atoms with van der Waals surface area (Å²) in [6.07, 6.45) is -0.938. The van der Waals surface area contributed by atoms with E-state index in [1.165, 1.54) is 24.3 Å². The number of nitrogens with one attached hydrogen (secondary N) is 4. The van der Waals surface area contributed by atoms with Crippen LogP contribution in [-0.2, 0) is 24.7 Å². The summed E-state index contributed by atoms with van der Waals surface area (Å²) in [6.45, 7) is 0.276. The van der Waals surface area contributed by atoms with Crippen molar-refractivity contribution in [3.05, 3.63) is 64.7 Å². The molecular formula is C34H37ClF3N7O6. The van der Waals surface area contributed by atoms with Gasteiger partial charge in [-0.25, -0.2) is 4.79 Å². The van der Waals surface area contributed by atoms with Crippen LogP contribution in [0.25, 0.3) is 0 Å². The predicted octanol–water partition coefficient (Wildman–Crippen LogP) is 5.09. The lowest BCUT2D eigenvalue weighted by Crippen LogP contribution is -2.44. The number of hydrogen-bond donors (Lipinski definition) is 4. The van der Waals surface area contributed by atoms with E-state index in [4.69, 9.17) is 21.1 Å². The fourth-order valence-corrected chi connectivity index (χ4v) is 5.51.